The Morgan fingerprint density at radius 1 is 1.30 bits per heavy atom. The van der Waals surface area contributed by atoms with Crippen molar-refractivity contribution in [1.29, 1.82) is 0 Å². The standard InChI is InChI=1S/C15H16N2O3/c1-2-20-14-4-3-13(9-12(14)10-18)17-15(19)11-5-7-16-8-6-11/h3-9,18H,2,10H2,1H3,(H,17,19). The summed E-state index contributed by atoms with van der Waals surface area (Å²) in [7, 11) is 0. The van der Waals surface area contributed by atoms with Crippen LogP contribution in [-0.4, -0.2) is 22.6 Å². The molecule has 0 aliphatic rings. The first-order valence-electron chi connectivity index (χ1n) is 6.32. The second kappa shape index (κ2) is 6.68. The largest absolute Gasteiger partial charge is 0.494 e. The number of nitrogens with one attached hydrogen (secondary N) is 1. The van der Waals surface area contributed by atoms with Crippen LogP contribution < -0.4 is 10.1 Å². The number of pyridine rings is 1. The zero-order valence-corrected chi connectivity index (χ0v) is 11.2. The summed E-state index contributed by atoms with van der Waals surface area (Å²) in [6, 6.07) is 8.44. The highest BCUT2D eigenvalue weighted by Gasteiger charge is 2.08. The van der Waals surface area contributed by atoms with Gasteiger partial charge < -0.3 is 15.2 Å². The summed E-state index contributed by atoms with van der Waals surface area (Å²) in [5.74, 6) is 0.400. The van der Waals surface area contributed by atoms with Crippen LogP contribution in [0.25, 0.3) is 0 Å². The van der Waals surface area contributed by atoms with Crippen LogP contribution in [0.15, 0.2) is 42.7 Å². The average molecular weight is 272 g/mol. The van der Waals surface area contributed by atoms with Crippen LogP contribution in [0.5, 0.6) is 5.75 Å². The lowest BCUT2D eigenvalue weighted by Crippen LogP contribution is -2.12. The van der Waals surface area contributed by atoms with Gasteiger partial charge in [-0.2, -0.15) is 0 Å². The first-order chi connectivity index (χ1) is 9.74. The lowest BCUT2D eigenvalue weighted by molar-refractivity contribution is 0.102. The van der Waals surface area contributed by atoms with Gasteiger partial charge in [0.2, 0.25) is 0 Å². The first-order valence-corrected chi connectivity index (χ1v) is 6.32. The topological polar surface area (TPSA) is 71.5 Å². The lowest BCUT2D eigenvalue weighted by atomic mass is 10.1. The average Bonchev–Trinajstić information content (AvgIpc) is 2.50. The SMILES string of the molecule is CCOc1ccc(NC(=O)c2ccncc2)cc1CO. The van der Waals surface area contributed by atoms with E-state index in [1.165, 1.54) is 0 Å². The molecule has 2 N–H and O–H groups in total. The van der Waals surface area contributed by atoms with Gasteiger partial charge in [0.25, 0.3) is 5.91 Å². The molecule has 0 bridgehead atoms. The van der Waals surface area contributed by atoms with Gasteiger partial charge in [0.05, 0.1) is 13.2 Å². The molecule has 20 heavy (non-hydrogen) atoms. The molecule has 0 aliphatic carbocycles. The molecule has 5 heteroatoms. The minimum absolute atomic E-state index is 0.145. The highest BCUT2D eigenvalue weighted by atomic mass is 16.5. The molecule has 2 rings (SSSR count). The monoisotopic (exact) mass is 272 g/mol. The van der Waals surface area contributed by atoms with E-state index in [0.29, 0.717) is 29.2 Å². The van der Waals surface area contributed by atoms with Crippen LogP contribution in [0.2, 0.25) is 0 Å². The van der Waals surface area contributed by atoms with Gasteiger partial charge in [0.15, 0.2) is 0 Å². The molecule has 104 valence electrons. The zero-order valence-electron chi connectivity index (χ0n) is 11.2. The van der Waals surface area contributed by atoms with Gasteiger partial charge in [-0.1, -0.05) is 0 Å². The van der Waals surface area contributed by atoms with Crippen LogP contribution in [-0.2, 0) is 6.61 Å². The molecule has 0 saturated heterocycles. The van der Waals surface area contributed by atoms with Crippen molar-refractivity contribution in [2.24, 2.45) is 0 Å². The molecule has 1 aromatic heterocycles. The molecular weight excluding hydrogens is 256 g/mol. The van der Waals surface area contributed by atoms with E-state index < -0.39 is 0 Å². The van der Waals surface area contributed by atoms with Gasteiger partial charge >= 0.3 is 0 Å². The number of carbonyl (C=O) groups excluding carboxylic acids is 1. The fourth-order valence-electron chi connectivity index (χ4n) is 1.78. The van der Waals surface area contributed by atoms with Crippen LogP contribution in [0.1, 0.15) is 22.8 Å². The Hall–Kier alpha value is -2.40. The van der Waals surface area contributed by atoms with Crippen molar-refractivity contribution in [3.63, 3.8) is 0 Å². The second-order valence-electron chi connectivity index (χ2n) is 4.10. The van der Waals surface area contributed by atoms with E-state index in [4.69, 9.17) is 4.74 Å². The van der Waals surface area contributed by atoms with Crippen LogP contribution in [0.3, 0.4) is 0 Å². The number of benzene rings is 1. The molecule has 5 nitrogen and oxygen atoms in total. The zero-order chi connectivity index (χ0) is 14.4. The van der Waals surface area contributed by atoms with E-state index in [1.54, 1.807) is 42.7 Å². The van der Waals surface area contributed by atoms with Crippen molar-refractivity contribution < 1.29 is 14.6 Å². The molecule has 0 radical (unpaired) electrons. The molecule has 0 fully saturated rings. The maximum Gasteiger partial charge on any atom is 0.255 e. The van der Waals surface area contributed by atoms with E-state index in [0.717, 1.165) is 0 Å². The molecule has 0 saturated carbocycles. The fourth-order valence-corrected chi connectivity index (χ4v) is 1.78. The van der Waals surface area contributed by atoms with Crippen molar-refractivity contribution in [2.45, 2.75) is 13.5 Å². The highest BCUT2D eigenvalue weighted by molar-refractivity contribution is 6.04. The van der Waals surface area contributed by atoms with E-state index in [2.05, 4.69) is 10.3 Å². The van der Waals surface area contributed by atoms with Gasteiger partial charge in [0, 0.05) is 29.2 Å². The van der Waals surface area contributed by atoms with Crippen LogP contribution in [0.4, 0.5) is 5.69 Å². The molecule has 1 amide bonds. The third-order valence-electron chi connectivity index (χ3n) is 2.73. The summed E-state index contributed by atoms with van der Waals surface area (Å²) >= 11 is 0. The normalized spacial score (nSPS) is 10.1. The first kappa shape index (κ1) is 14.0. The number of aromatic nitrogens is 1. The van der Waals surface area contributed by atoms with Crippen molar-refractivity contribution >= 4 is 11.6 Å². The summed E-state index contributed by atoms with van der Waals surface area (Å²) in [6.07, 6.45) is 3.12. The van der Waals surface area contributed by atoms with Crippen molar-refractivity contribution in [3.05, 3.63) is 53.9 Å². The maximum absolute atomic E-state index is 12.0. The van der Waals surface area contributed by atoms with Crippen LogP contribution in [0, 0.1) is 0 Å². The summed E-state index contributed by atoms with van der Waals surface area (Å²) in [4.78, 5) is 15.9. The van der Waals surface area contributed by atoms with Crippen molar-refractivity contribution in [3.8, 4) is 5.75 Å². The van der Waals surface area contributed by atoms with E-state index in [9.17, 15) is 9.90 Å². The number of rotatable bonds is 5. The molecule has 1 aromatic carbocycles. The molecule has 1 heterocycles. The Balaban J connectivity index is 2.16. The van der Waals surface area contributed by atoms with E-state index >= 15 is 0 Å². The third kappa shape index (κ3) is 3.33. The predicted octanol–water partition coefficient (Wildman–Crippen LogP) is 2.22. The number of carbonyl (C=O) groups is 1. The summed E-state index contributed by atoms with van der Waals surface area (Å²) in [5, 5.41) is 12.1. The predicted molar refractivity (Wildman–Crippen MR) is 75.7 cm³/mol. The number of anilines is 1. The summed E-state index contributed by atoms with van der Waals surface area (Å²) in [5.41, 5.74) is 1.78. The Morgan fingerprint density at radius 3 is 2.70 bits per heavy atom. The van der Waals surface area contributed by atoms with Gasteiger partial charge in [-0.25, -0.2) is 0 Å². The van der Waals surface area contributed by atoms with Gasteiger partial charge in [-0.05, 0) is 37.3 Å². The van der Waals surface area contributed by atoms with Gasteiger partial charge in [0.1, 0.15) is 5.75 Å². The Morgan fingerprint density at radius 2 is 2.05 bits per heavy atom. The molecule has 2 aromatic rings. The smallest absolute Gasteiger partial charge is 0.255 e. The van der Waals surface area contributed by atoms with E-state index in [1.807, 2.05) is 6.92 Å². The molecule has 0 aliphatic heterocycles. The summed E-state index contributed by atoms with van der Waals surface area (Å²) in [6.45, 7) is 2.25. The number of amides is 1. The number of aliphatic hydroxyl groups excluding tert-OH is 1. The highest BCUT2D eigenvalue weighted by Crippen LogP contribution is 2.23. The molecule has 0 spiro atoms. The number of nitrogens with zero attached hydrogens (tertiary/aromatic N) is 1. The number of hydrogen-bond acceptors (Lipinski definition) is 4. The molecule has 0 unspecified atom stereocenters. The van der Waals surface area contributed by atoms with Crippen molar-refractivity contribution in [1.82, 2.24) is 4.98 Å². The van der Waals surface area contributed by atoms with Crippen LogP contribution >= 0.6 is 0 Å². The third-order valence-corrected chi connectivity index (χ3v) is 2.73. The fraction of sp³-hybridized carbons (Fsp3) is 0.200. The Labute approximate surface area is 117 Å². The number of ether oxygens (including phenoxy) is 1. The Kier molecular flexibility index (Phi) is 4.68. The van der Waals surface area contributed by atoms with Gasteiger partial charge in [-0.3, -0.25) is 9.78 Å². The lowest BCUT2D eigenvalue weighted by Gasteiger charge is -2.11. The van der Waals surface area contributed by atoms with E-state index in [-0.39, 0.29) is 12.5 Å². The molecule has 0 atom stereocenters. The maximum atomic E-state index is 12.0. The minimum atomic E-state index is -0.222. The Bertz CT molecular complexity index is 585. The summed E-state index contributed by atoms with van der Waals surface area (Å²) < 4.78 is 5.39. The minimum Gasteiger partial charge on any atom is -0.494 e. The molecular formula is C15H16N2O3. The number of hydrogen-bond donors (Lipinski definition) is 2. The number of aliphatic hydroxyl groups is 1. The second-order valence-corrected chi connectivity index (χ2v) is 4.10. The van der Waals surface area contributed by atoms with Gasteiger partial charge in [-0.15, -0.1) is 0 Å². The van der Waals surface area contributed by atoms with Crippen molar-refractivity contribution in [2.75, 3.05) is 11.9 Å². The quantitative estimate of drug-likeness (QED) is 0.875.